The molecule has 78 valence electrons. The van der Waals surface area contributed by atoms with Crippen LogP contribution in [0.5, 0.6) is 0 Å². The second-order valence-electron chi connectivity index (χ2n) is 2.96. The highest BCUT2D eigenvalue weighted by Gasteiger charge is 2.24. The zero-order valence-electron chi connectivity index (χ0n) is 8.16. The van der Waals surface area contributed by atoms with Gasteiger partial charge in [-0.2, -0.15) is 0 Å². The maximum Gasteiger partial charge on any atom is 0.330 e. The number of hydrazine groups is 1. The van der Waals surface area contributed by atoms with E-state index in [1.54, 1.807) is 0 Å². The topological polar surface area (TPSA) is 79.8 Å². The van der Waals surface area contributed by atoms with Gasteiger partial charge in [0.1, 0.15) is 11.9 Å². The Kier molecular flexibility index (Phi) is 3.44. The molecule has 1 aliphatic heterocycles. The van der Waals surface area contributed by atoms with Gasteiger partial charge in [0.25, 0.3) is 0 Å². The molecule has 1 amide bonds. The first kappa shape index (κ1) is 10.5. The van der Waals surface area contributed by atoms with Crippen molar-refractivity contribution in [3.8, 4) is 0 Å². The molecule has 1 atom stereocenters. The number of ether oxygens (including phenoxy) is 1. The van der Waals surface area contributed by atoms with Crippen LogP contribution in [0.2, 0.25) is 0 Å². The van der Waals surface area contributed by atoms with Crippen LogP contribution in [0.15, 0.2) is 4.99 Å². The molecule has 0 bridgehead atoms. The maximum atomic E-state index is 11.1. The summed E-state index contributed by atoms with van der Waals surface area (Å²) in [6.07, 6.45) is 1.26. The molecule has 0 aliphatic carbocycles. The van der Waals surface area contributed by atoms with E-state index in [2.05, 4.69) is 20.6 Å². The predicted octanol–water partition coefficient (Wildman–Crippen LogP) is -0.639. The Hall–Kier alpha value is -1.59. The Morgan fingerprint density at radius 2 is 2.29 bits per heavy atom. The maximum absolute atomic E-state index is 11.1. The fourth-order valence-electron chi connectivity index (χ4n) is 1.15. The molecule has 6 nitrogen and oxygen atoms in total. The van der Waals surface area contributed by atoms with E-state index in [1.807, 2.05) is 0 Å². The highest BCUT2D eigenvalue weighted by molar-refractivity contribution is 5.90. The van der Waals surface area contributed by atoms with Gasteiger partial charge < -0.3 is 4.74 Å². The van der Waals surface area contributed by atoms with E-state index in [4.69, 9.17) is 0 Å². The third-order valence-electron chi connectivity index (χ3n) is 1.82. The molecule has 1 unspecified atom stereocenters. The quantitative estimate of drug-likeness (QED) is 0.435. The Morgan fingerprint density at radius 1 is 1.57 bits per heavy atom. The molecule has 1 aliphatic rings. The van der Waals surface area contributed by atoms with Crippen molar-refractivity contribution in [3.05, 3.63) is 0 Å². The van der Waals surface area contributed by atoms with Crippen LogP contribution in [0.1, 0.15) is 19.8 Å². The van der Waals surface area contributed by atoms with Gasteiger partial charge in [-0.25, -0.2) is 4.79 Å². The molecule has 0 aromatic rings. The largest absolute Gasteiger partial charge is 0.467 e. The number of amides is 1. The van der Waals surface area contributed by atoms with Crippen molar-refractivity contribution in [1.29, 1.82) is 0 Å². The van der Waals surface area contributed by atoms with Gasteiger partial charge in [-0.15, -0.1) is 0 Å². The van der Waals surface area contributed by atoms with E-state index in [0.29, 0.717) is 18.7 Å². The summed E-state index contributed by atoms with van der Waals surface area (Å²) < 4.78 is 4.55. The summed E-state index contributed by atoms with van der Waals surface area (Å²) in [6, 6.07) is -0.434. The van der Waals surface area contributed by atoms with Crippen LogP contribution in [-0.2, 0) is 14.3 Å². The Morgan fingerprint density at radius 3 is 2.86 bits per heavy atom. The van der Waals surface area contributed by atoms with Crippen LogP contribution in [-0.4, -0.2) is 30.9 Å². The zero-order valence-corrected chi connectivity index (χ0v) is 8.16. The van der Waals surface area contributed by atoms with E-state index in [-0.39, 0.29) is 11.9 Å². The fraction of sp³-hybridized carbons (Fsp3) is 0.625. The lowest BCUT2D eigenvalue weighted by atomic mass is 10.2. The van der Waals surface area contributed by atoms with Crippen LogP contribution in [0.4, 0.5) is 0 Å². The lowest BCUT2D eigenvalue weighted by Gasteiger charge is -2.04. The molecular formula is C8H13N3O3. The van der Waals surface area contributed by atoms with Crippen molar-refractivity contribution >= 4 is 17.7 Å². The summed E-state index contributed by atoms with van der Waals surface area (Å²) in [5, 5.41) is 0. The second-order valence-corrected chi connectivity index (χ2v) is 2.96. The van der Waals surface area contributed by atoms with Gasteiger partial charge in [-0.05, 0) is 6.42 Å². The summed E-state index contributed by atoms with van der Waals surface area (Å²) >= 11 is 0. The summed E-state index contributed by atoms with van der Waals surface area (Å²) in [5.74, 6) is 0.0643. The normalized spacial score (nSPS) is 19.9. The summed E-state index contributed by atoms with van der Waals surface area (Å²) in [6.45, 7) is 1.39. The van der Waals surface area contributed by atoms with Crippen molar-refractivity contribution in [2.24, 2.45) is 4.99 Å². The van der Waals surface area contributed by atoms with E-state index >= 15 is 0 Å². The molecule has 0 saturated carbocycles. The summed E-state index contributed by atoms with van der Waals surface area (Å²) in [4.78, 5) is 25.7. The van der Waals surface area contributed by atoms with Crippen LogP contribution in [0, 0.1) is 0 Å². The number of esters is 1. The SMILES string of the molecule is COC(=O)C1CCC(NNC(C)=O)=N1. The van der Waals surface area contributed by atoms with Crippen LogP contribution in [0.25, 0.3) is 0 Å². The van der Waals surface area contributed by atoms with Crippen LogP contribution in [0.3, 0.4) is 0 Å². The molecule has 0 radical (unpaired) electrons. The number of hydrogen-bond acceptors (Lipinski definition) is 5. The van der Waals surface area contributed by atoms with Crippen molar-refractivity contribution in [1.82, 2.24) is 10.9 Å². The second kappa shape index (κ2) is 4.59. The standard InChI is InChI=1S/C8H13N3O3/c1-5(12)10-11-7-4-3-6(9-7)8(13)14-2/h6H,3-4H2,1-2H3,(H,9,11)(H,10,12). The summed E-state index contributed by atoms with van der Waals surface area (Å²) in [5.41, 5.74) is 5.03. The molecular weight excluding hydrogens is 186 g/mol. The van der Waals surface area contributed by atoms with E-state index < -0.39 is 6.04 Å². The Bertz CT molecular complexity index is 275. The number of rotatable bonds is 1. The molecule has 1 heterocycles. The molecule has 0 aromatic carbocycles. The van der Waals surface area contributed by atoms with Crippen LogP contribution < -0.4 is 10.9 Å². The molecule has 6 heteroatoms. The summed E-state index contributed by atoms with van der Waals surface area (Å²) in [7, 11) is 1.33. The van der Waals surface area contributed by atoms with Gasteiger partial charge in [0.15, 0.2) is 0 Å². The monoisotopic (exact) mass is 199 g/mol. The van der Waals surface area contributed by atoms with Crippen molar-refractivity contribution in [3.63, 3.8) is 0 Å². The van der Waals surface area contributed by atoms with Crippen molar-refractivity contribution < 1.29 is 14.3 Å². The third kappa shape index (κ3) is 2.72. The molecule has 14 heavy (non-hydrogen) atoms. The molecule has 0 saturated heterocycles. The average Bonchev–Trinajstić information content (AvgIpc) is 2.62. The Balaban J connectivity index is 2.42. The van der Waals surface area contributed by atoms with Gasteiger partial charge in [-0.3, -0.25) is 20.6 Å². The minimum absolute atomic E-state index is 0.200. The predicted molar refractivity (Wildman–Crippen MR) is 49.4 cm³/mol. The van der Waals surface area contributed by atoms with Gasteiger partial charge in [0.05, 0.1) is 7.11 Å². The van der Waals surface area contributed by atoms with E-state index in [9.17, 15) is 9.59 Å². The van der Waals surface area contributed by atoms with E-state index in [0.717, 1.165) is 0 Å². The lowest BCUT2D eigenvalue weighted by Crippen LogP contribution is -2.39. The van der Waals surface area contributed by atoms with Crippen molar-refractivity contribution in [2.45, 2.75) is 25.8 Å². The smallest absolute Gasteiger partial charge is 0.330 e. The first-order valence-electron chi connectivity index (χ1n) is 4.30. The number of carbonyl (C=O) groups is 2. The Labute approximate surface area is 81.7 Å². The number of nitrogens with zero attached hydrogens (tertiary/aromatic N) is 1. The fourth-order valence-corrected chi connectivity index (χ4v) is 1.15. The first-order chi connectivity index (χ1) is 6.63. The van der Waals surface area contributed by atoms with Crippen LogP contribution >= 0.6 is 0 Å². The number of amidine groups is 1. The van der Waals surface area contributed by atoms with Gasteiger partial charge in [-0.1, -0.05) is 0 Å². The third-order valence-corrected chi connectivity index (χ3v) is 1.82. The number of hydrogen-bond donors (Lipinski definition) is 2. The van der Waals surface area contributed by atoms with Crippen molar-refractivity contribution in [2.75, 3.05) is 7.11 Å². The highest BCUT2D eigenvalue weighted by atomic mass is 16.5. The lowest BCUT2D eigenvalue weighted by molar-refractivity contribution is -0.142. The number of nitrogens with one attached hydrogen (secondary N) is 2. The zero-order chi connectivity index (χ0) is 10.6. The van der Waals surface area contributed by atoms with Gasteiger partial charge >= 0.3 is 5.97 Å². The number of methoxy groups -OCH3 is 1. The number of carbonyl (C=O) groups excluding carboxylic acids is 2. The van der Waals surface area contributed by atoms with Gasteiger partial charge in [0.2, 0.25) is 5.91 Å². The number of aliphatic imine (C=N–C) groups is 1. The average molecular weight is 199 g/mol. The minimum Gasteiger partial charge on any atom is -0.467 e. The van der Waals surface area contributed by atoms with Gasteiger partial charge in [0, 0.05) is 13.3 Å². The highest BCUT2D eigenvalue weighted by Crippen LogP contribution is 2.12. The molecule has 0 spiro atoms. The molecule has 0 fully saturated rings. The molecule has 1 rings (SSSR count). The first-order valence-corrected chi connectivity index (χ1v) is 4.30. The molecule has 2 N–H and O–H groups in total. The molecule has 0 aromatic heterocycles. The van der Waals surface area contributed by atoms with E-state index in [1.165, 1.54) is 14.0 Å². The minimum atomic E-state index is -0.434.